The molecule has 0 spiro atoms. The zero-order chi connectivity index (χ0) is 13.1. The molecule has 0 saturated heterocycles. The highest BCUT2D eigenvalue weighted by atomic mass is 16.5. The maximum atomic E-state index is 11.8. The van der Waals surface area contributed by atoms with Crippen molar-refractivity contribution < 1.29 is 9.53 Å². The minimum Gasteiger partial charge on any atom is -0.496 e. The van der Waals surface area contributed by atoms with E-state index in [0.29, 0.717) is 0 Å². The summed E-state index contributed by atoms with van der Waals surface area (Å²) >= 11 is 0. The Labute approximate surface area is 109 Å². The van der Waals surface area contributed by atoms with Gasteiger partial charge in [0.2, 0.25) is 5.91 Å². The average molecular weight is 247 g/mol. The van der Waals surface area contributed by atoms with Gasteiger partial charge in [-0.1, -0.05) is 19.1 Å². The summed E-state index contributed by atoms with van der Waals surface area (Å²) in [6.07, 6.45) is 3.00. The van der Waals surface area contributed by atoms with Crippen molar-refractivity contribution >= 4 is 5.91 Å². The fourth-order valence-corrected chi connectivity index (χ4v) is 2.17. The summed E-state index contributed by atoms with van der Waals surface area (Å²) in [5.74, 6) is 1.36. The largest absolute Gasteiger partial charge is 0.496 e. The lowest BCUT2D eigenvalue weighted by atomic mass is 10.0. The van der Waals surface area contributed by atoms with E-state index in [9.17, 15) is 4.79 Å². The Morgan fingerprint density at radius 3 is 2.72 bits per heavy atom. The number of aryl methyl sites for hydroxylation is 1. The third-order valence-corrected chi connectivity index (χ3v) is 3.49. The first-order chi connectivity index (χ1) is 8.65. The average Bonchev–Trinajstić information content (AvgIpc) is 3.19. The van der Waals surface area contributed by atoms with Crippen molar-refractivity contribution in [3.05, 3.63) is 29.3 Å². The van der Waals surface area contributed by atoms with E-state index in [4.69, 9.17) is 4.74 Å². The number of nitrogens with one attached hydrogen (secondary N) is 1. The van der Waals surface area contributed by atoms with Gasteiger partial charge in [0, 0.05) is 5.92 Å². The van der Waals surface area contributed by atoms with Crippen molar-refractivity contribution in [2.45, 2.75) is 39.2 Å². The second-order valence-electron chi connectivity index (χ2n) is 4.97. The van der Waals surface area contributed by atoms with Crippen molar-refractivity contribution in [2.24, 2.45) is 5.92 Å². The third kappa shape index (κ3) is 2.84. The molecule has 3 heteroatoms. The number of carbonyl (C=O) groups is 1. The van der Waals surface area contributed by atoms with Crippen molar-refractivity contribution in [1.82, 2.24) is 5.32 Å². The molecule has 1 aliphatic carbocycles. The van der Waals surface area contributed by atoms with E-state index >= 15 is 0 Å². The first kappa shape index (κ1) is 12.9. The molecular formula is C15H21NO2. The molecule has 1 N–H and O–H groups in total. The molecule has 2 rings (SSSR count). The number of benzene rings is 1. The Morgan fingerprint density at radius 1 is 1.50 bits per heavy atom. The van der Waals surface area contributed by atoms with Gasteiger partial charge >= 0.3 is 0 Å². The van der Waals surface area contributed by atoms with E-state index in [1.165, 1.54) is 0 Å². The summed E-state index contributed by atoms with van der Waals surface area (Å²) in [4.78, 5) is 11.8. The maximum absolute atomic E-state index is 11.8. The molecule has 1 saturated carbocycles. The molecule has 1 fully saturated rings. The first-order valence-corrected chi connectivity index (χ1v) is 6.60. The molecule has 1 unspecified atom stereocenters. The summed E-state index contributed by atoms with van der Waals surface area (Å²) in [6, 6.07) is 6.21. The molecular weight excluding hydrogens is 226 g/mol. The van der Waals surface area contributed by atoms with Gasteiger partial charge in [-0.3, -0.25) is 4.79 Å². The zero-order valence-corrected chi connectivity index (χ0v) is 11.3. The van der Waals surface area contributed by atoms with Crippen LogP contribution in [0.1, 0.15) is 43.4 Å². The van der Waals surface area contributed by atoms with Gasteiger partial charge in [0.05, 0.1) is 13.2 Å². The van der Waals surface area contributed by atoms with Crippen LogP contribution in [0.5, 0.6) is 5.75 Å². The predicted molar refractivity (Wildman–Crippen MR) is 71.6 cm³/mol. The first-order valence-electron chi connectivity index (χ1n) is 6.60. The van der Waals surface area contributed by atoms with E-state index in [-0.39, 0.29) is 17.9 Å². The summed E-state index contributed by atoms with van der Waals surface area (Å²) in [6.45, 7) is 4.12. The lowest BCUT2D eigenvalue weighted by Crippen LogP contribution is -2.29. The van der Waals surface area contributed by atoms with E-state index in [2.05, 4.69) is 18.3 Å². The quantitative estimate of drug-likeness (QED) is 0.868. The maximum Gasteiger partial charge on any atom is 0.223 e. The monoisotopic (exact) mass is 247 g/mol. The SMILES string of the molecule is CCC(NC(=O)C1CC1)c1ccc(OC)c(C)c1. The highest BCUT2D eigenvalue weighted by molar-refractivity contribution is 5.81. The molecule has 18 heavy (non-hydrogen) atoms. The highest BCUT2D eigenvalue weighted by Gasteiger charge is 2.30. The Balaban J connectivity index is 2.11. The van der Waals surface area contributed by atoms with Crippen LogP contribution in [0.4, 0.5) is 0 Å². The van der Waals surface area contributed by atoms with Crippen molar-refractivity contribution in [2.75, 3.05) is 7.11 Å². The van der Waals surface area contributed by atoms with Crippen LogP contribution in [-0.2, 0) is 4.79 Å². The smallest absolute Gasteiger partial charge is 0.223 e. The fraction of sp³-hybridized carbons (Fsp3) is 0.533. The van der Waals surface area contributed by atoms with Gasteiger partial charge < -0.3 is 10.1 Å². The van der Waals surface area contributed by atoms with Crippen LogP contribution >= 0.6 is 0 Å². The Kier molecular flexibility index (Phi) is 3.90. The van der Waals surface area contributed by atoms with Crippen molar-refractivity contribution in [1.29, 1.82) is 0 Å². The summed E-state index contributed by atoms with van der Waals surface area (Å²) in [7, 11) is 1.67. The molecule has 0 aliphatic heterocycles. The van der Waals surface area contributed by atoms with Crippen LogP contribution in [0.2, 0.25) is 0 Å². The van der Waals surface area contributed by atoms with Crippen LogP contribution in [0.3, 0.4) is 0 Å². The van der Waals surface area contributed by atoms with Gasteiger partial charge in [0.25, 0.3) is 0 Å². The van der Waals surface area contributed by atoms with Crippen LogP contribution in [0.15, 0.2) is 18.2 Å². The highest BCUT2D eigenvalue weighted by Crippen LogP contribution is 2.31. The topological polar surface area (TPSA) is 38.3 Å². The predicted octanol–water partition coefficient (Wildman–Crippen LogP) is 2.98. The lowest BCUT2D eigenvalue weighted by molar-refractivity contribution is -0.123. The molecule has 0 bridgehead atoms. The van der Waals surface area contributed by atoms with Crippen LogP contribution in [0.25, 0.3) is 0 Å². The summed E-state index contributed by atoms with van der Waals surface area (Å²) in [5.41, 5.74) is 2.26. The number of methoxy groups -OCH3 is 1. The Morgan fingerprint density at radius 2 is 2.22 bits per heavy atom. The normalized spacial score (nSPS) is 16.2. The standard InChI is InChI=1S/C15H21NO2/c1-4-13(16-15(17)11-5-6-11)12-7-8-14(18-3)10(2)9-12/h7-9,11,13H,4-6H2,1-3H3,(H,16,17). The van der Waals surface area contributed by atoms with Crippen molar-refractivity contribution in [3.63, 3.8) is 0 Å². The van der Waals surface area contributed by atoms with Crippen LogP contribution in [0, 0.1) is 12.8 Å². The molecule has 98 valence electrons. The van der Waals surface area contributed by atoms with E-state index in [1.807, 2.05) is 19.1 Å². The molecule has 3 nitrogen and oxygen atoms in total. The molecule has 1 atom stereocenters. The van der Waals surface area contributed by atoms with E-state index < -0.39 is 0 Å². The minimum absolute atomic E-state index is 0.114. The summed E-state index contributed by atoms with van der Waals surface area (Å²) in [5, 5.41) is 3.13. The number of ether oxygens (including phenoxy) is 1. The lowest BCUT2D eigenvalue weighted by Gasteiger charge is -2.18. The number of amides is 1. The van der Waals surface area contributed by atoms with E-state index in [1.54, 1.807) is 7.11 Å². The molecule has 1 amide bonds. The zero-order valence-electron chi connectivity index (χ0n) is 11.3. The van der Waals surface area contributed by atoms with Gasteiger partial charge in [0.15, 0.2) is 0 Å². The third-order valence-electron chi connectivity index (χ3n) is 3.49. The van der Waals surface area contributed by atoms with E-state index in [0.717, 1.165) is 36.1 Å². The van der Waals surface area contributed by atoms with Crippen LogP contribution < -0.4 is 10.1 Å². The van der Waals surface area contributed by atoms with Gasteiger partial charge in [-0.25, -0.2) is 0 Å². The van der Waals surface area contributed by atoms with Gasteiger partial charge in [0.1, 0.15) is 5.75 Å². The molecule has 1 aliphatic rings. The number of hydrogen-bond acceptors (Lipinski definition) is 2. The molecule has 0 radical (unpaired) electrons. The summed E-state index contributed by atoms with van der Waals surface area (Å²) < 4.78 is 5.26. The number of hydrogen-bond donors (Lipinski definition) is 1. The fourth-order valence-electron chi connectivity index (χ4n) is 2.17. The van der Waals surface area contributed by atoms with Crippen molar-refractivity contribution in [3.8, 4) is 5.75 Å². The molecule has 1 aromatic rings. The minimum atomic E-state index is 0.114. The van der Waals surface area contributed by atoms with Crippen LogP contribution in [-0.4, -0.2) is 13.0 Å². The Hall–Kier alpha value is -1.51. The van der Waals surface area contributed by atoms with Gasteiger partial charge in [-0.15, -0.1) is 0 Å². The molecule has 0 aromatic heterocycles. The molecule has 1 aromatic carbocycles. The molecule has 0 heterocycles. The number of rotatable bonds is 5. The second kappa shape index (κ2) is 5.42. The van der Waals surface area contributed by atoms with Gasteiger partial charge in [-0.2, -0.15) is 0 Å². The Bertz CT molecular complexity index is 438. The second-order valence-corrected chi connectivity index (χ2v) is 4.97. The number of carbonyl (C=O) groups excluding carboxylic acids is 1. The van der Waals surface area contributed by atoms with Gasteiger partial charge in [-0.05, 0) is 43.4 Å².